The number of nitrogens with zero attached hydrogens (tertiary/aromatic N) is 1. The molecule has 0 spiro atoms. The standard InChI is InChI=1S/C25H27FN2O3S/c1-17-5-6-18(2)24(15-17)28(32(4,30)31)16-20-7-9-22(10-8-20)25(29)27-19(3)21-11-13-23(26)14-12-21/h5-15,19H,16H2,1-4H3,(H,27,29). The van der Waals surface area contributed by atoms with Gasteiger partial charge in [-0.05, 0) is 73.4 Å². The van der Waals surface area contributed by atoms with Gasteiger partial charge in [-0.15, -0.1) is 0 Å². The molecule has 1 N–H and O–H groups in total. The van der Waals surface area contributed by atoms with E-state index in [1.807, 2.05) is 39.0 Å². The van der Waals surface area contributed by atoms with Crippen molar-refractivity contribution in [3.8, 4) is 0 Å². The number of benzene rings is 3. The largest absolute Gasteiger partial charge is 0.346 e. The molecule has 0 fully saturated rings. The third-order valence-corrected chi connectivity index (χ3v) is 6.42. The Morgan fingerprint density at radius 2 is 1.62 bits per heavy atom. The molecule has 0 saturated carbocycles. The summed E-state index contributed by atoms with van der Waals surface area (Å²) in [4.78, 5) is 12.6. The average molecular weight is 455 g/mol. The summed E-state index contributed by atoms with van der Waals surface area (Å²) in [5, 5.41) is 2.89. The predicted molar refractivity (Wildman–Crippen MR) is 126 cm³/mol. The summed E-state index contributed by atoms with van der Waals surface area (Å²) >= 11 is 0. The molecule has 1 amide bonds. The van der Waals surface area contributed by atoms with Crippen molar-refractivity contribution in [2.24, 2.45) is 0 Å². The molecule has 1 atom stereocenters. The van der Waals surface area contributed by atoms with Crippen LogP contribution in [0.2, 0.25) is 0 Å². The van der Waals surface area contributed by atoms with Crippen molar-refractivity contribution >= 4 is 21.6 Å². The number of nitrogens with one attached hydrogen (secondary N) is 1. The van der Waals surface area contributed by atoms with Crippen LogP contribution in [0.1, 0.15) is 45.6 Å². The number of hydrogen-bond donors (Lipinski definition) is 1. The number of carbonyl (C=O) groups excluding carboxylic acids is 1. The third kappa shape index (κ3) is 5.73. The van der Waals surface area contributed by atoms with E-state index in [-0.39, 0.29) is 24.3 Å². The van der Waals surface area contributed by atoms with Gasteiger partial charge in [0.2, 0.25) is 10.0 Å². The molecule has 1 unspecified atom stereocenters. The summed E-state index contributed by atoms with van der Waals surface area (Å²) in [6.45, 7) is 5.79. The smallest absolute Gasteiger partial charge is 0.251 e. The zero-order valence-corrected chi connectivity index (χ0v) is 19.4. The van der Waals surface area contributed by atoms with Crippen LogP contribution >= 0.6 is 0 Å². The van der Waals surface area contributed by atoms with Gasteiger partial charge in [0.05, 0.1) is 24.5 Å². The Hall–Kier alpha value is -3.19. The number of sulfonamides is 1. The van der Waals surface area contributed by atoms with Crippen molar-refractivity contribution in [1.29, 1.82) is 0 Å². The monoisotopic (exact) mass is 454 g/mol. The van der Waals surface area contributed by atoms with Crippen LogP contribution < -0.4 is 9.62 Å². The molecule has 3 aromatic carbocycles. The zero-order chi connectivity index (χ0) is 23.5. The molecular formula is C25H27FN2O3S. The summed E-state index contributed by atoms with van der Waals surface area (Å²) in [6, 6.07) is 18.2. The highest BCUT2D eigenvalue weighted by molar-refractivity contribution is 7.92. The second kappa shape index (κ2) is 9.53. The second-order valence-electron chi connectivity index (χ2n) is 8.00. The third-order valence-electron chi connectivity index (χ3n) is 5.29. The number of anilines is 1. The van der Waals surface area contributed by atoms with Gasteiger partial charge < -0.3 is 5.32 Å². The van der Waals surface area contributed by atoms with E-state index in [0.717, 1.165) is 22.3 Å². The molecule has 5 nitrogen and oxygen atoms in total. The molecule has 0 radical (unpaired) electrons. The highest BCUT2D eigenvalue weighted by Gasteiger charge is 2.20. The minimum atomic E-state index is -3.50. The molecule has 32 heavy (non-hydrogen) atoms. The Kier molecular flexibility index (Phi) is 6.99. The Morgan fingerprint density at radius 3 is 2.22 bits per heavy atom. The maximum atomic E-state index is 13.1. The zero-order valence-electron chi connectivity index (χ0n) is 18.6. The van der Waals surface area contributed by atoms with Crippen molar-refractivity contribution in [3.05, 3.63) is 100 Å². The lowest BCUT2D eigenvalue weighted by Crippen LogP contribution is -2.30. The highest BCUT2D eigenvalue weighted by Crippen LogP contribution is 2.26. The van der Waals surface area contributed by atoms with Crippen molar-refractivity contribution in [2.75, 3.05) is 10.6 Å². The van der Waals surface area contributed by atoms with Gasteiger partial charge in [-0.3, -0.25) is 9.10 Å². The van der Waals surface area contributed by atoms with Crippen molar-refractivity contribution in [3.63, 3.8) is 0 Å². The van der Waals surface area contributed by atoms with E-state index < -0.39 is 10.0 Å². The Bertz CT molecular complexity index is 1210. The van der Waals surface area contributed by atoms with Gasteiger partial charge in [-0.2, -0.15) is 0 Å². The van der Waals surface area contributed by atoms with E-state index in [0.29, 0.717) is 11.3 Å². The molecular weight excluding hydrogens is 427 g/mol. The Morgan fingerprint density at radius 1 is 1.00 bits per heavy atom. The number of rotatable bonds is 7. The van der Waals surface area contributed by atoms with E-state index in [1.165, 1.54) is 22.7 Å². The van der Waals surface area contributed by atoms with Crippen LogP contribution in [-0.4, -0.2) is 20.6 Å². The molecule has 0 aliphatic carbocycles. The first-order valence-electron chi connectivity index (χ1n) is 10.2. The van der Waals surface area contributed by atoms with Gasteiger partial charge in [0.15, 0.2) is 0 Å². The van der Waals surface area contributed by atoms with E-state index in [1.54, 1.807) is 36.4 Å². The first kappa shape index (κ1) is 23.5. The molecule has 168 valence electrons. The minimum Gasteiger partial charge on any atom is -0.346 e. The number of halogens is 1. The maximum Gasteiger partial charge on any atom is 0.251 e. The SMILES string of the molecule is Cc1ccc(C)c(N(Cc2ccc(C(=O)NC(C)c3ccc(F)cc3)cc2)S(C)(=O)=O)c1. The van der Waals surface area contributed by atoms with Crippen LogP contribution in [-0.2, 0) is 16.6 Å². The predicted octanol–water partition coefficient (Wildman–Crippen LogP) is 4.90. The lowest BCUT2D eigenvalue weighted by molar-refractivity contribution is 0.0940. The molecule has 0 heterocycles. The summed E-state index contributed by atoms with van der Waals surface area (Å²) in [7, 11) is -3.50. The quantitative estimate of drug-likeness (QED) is 0.552. The topological polar surface area (TPSA) is 66.5 Å². The second-order valence-corrected chi connectivity index (χ2v) is 9.91. The van der Waals surface area contributed by atoms with Crippen LogP contribution in [0.4, 0.5) is 10.1 Å². The first-order chi connectivity index (χ1) is 15.0. The summed E-state index contributed by atoms with van der Waals surface area (Å²) in [5.74, 6) is -0.588. The summed E-state index contributed by atoms with van der Waals surface area (Å²) in [6.07, 6.45) is 1.19. The first-order valence-corrected chi connectivity index (χ1v) is 12.1. The minimum absolute atomic E-state index is 0.164. The molecule has 7 heteroatoms. The van der Waals surface area contributed by atoms with Gasteiger partial charge in [0, 0.05) is 5.56 Å². The fourth-order valence-corrected chi connectivity index (χ4v) is 4.35. The van der Waals surface area contributed by atoms with E-state index in [2.05, 4.69) is 5.32 Å². The van der Waals surface area contributed by atoms with E-state index in [9.17, 15) is 17.6 Å². The van der Waals surface area contributed by atoms with E-state index >= 15 is 0 Å². The summed E-state index contributed by atoms with van der Waals surface area (Å²) < 4.78 is 39.5. The van der Waals surface area contributed by atoms with Crippen LogP contribution in [0.25, 0.3) is 0 Å². The van der Waals surface area contributed by atoms with Gasteiger partial charge in [-0.25, -0.2) is 12.8 Å². The molecule has 3 aromatic rings. The van der Waals surface area contributed by atoms with Crippen molar-refractivity contribution < 1.29 is 17.6 Å². The van der Waals surface area contributed by atoms with Gasteiger partial charge in [-0.1, -0.05) is 36.4 Å². The molecule has 0 aliphatic rings. The van der Waals surface area contributed by atoms with Crippen LogP contribution in [0.15, 0.2) is 66.7 Å². The molecule has 0 bridgehead atoms. The van der Waals surface area contributed by atoms with Gasteiger partial charge in [0.1, 0.15) is 5.82 Å². The van der Waals surface area contributed by atoms with Crippen molar-refractivity contribution in [1.82, 2.24) is 5.32 Å². The normalized spacial score (nSPS) is 12.3. The molecule has 0 saturated heterocycles. The molecule has 0 aliphatic heterocycles. The number of hydrogen-bond acceptors (Lipinski definition) is 3. The number of carbonyl (C=O) groups is 1. The maximum absolute atomic E-state index is 13.1. The van der Waals surface area contributed by atoms with Crippen molar-refractivity contribution in [2.45, 2.75) is 33.4 Å². The number of amides is 1. The van der Waals surface area contributed by atoms with Crippen LogP contribution in [0.5, 0.6) is 0 Å². The fraction of sp³-hybridized carbons (Fsp3) is 0.240. The fourth-order valence-electron chi connectivity index (χ4n) is 3.41. The van der Waals surface area contributed by atoms with Gasteiger partial charge >= 0.3 is 0 Å². The highest BCUT2D eigenvalue weighted by atomic mass is 32.2. The Balaban J connectivity index is 1.75. The van der Waals surface area contributed by atoms with E-state index in [4.69, 9.17) is 0 Å². The van der Waals surface area contributed by atoms with Crippen LogP contribution in [0.3, 0.4) is 0 Å². The Labute approximate surface area is 188 Å². The summed E-state index contributed by atoms with van der Waals surface area (Å²) in [5.41, 5.74) is 4.50. The lowest BCUT2D eigenvalue weighted by atomic mass is 10.1. The lowest BCUT2D eigenvalue weighted by Gasteiger charge is -2.25. The van der Waals surface area contributed by atoms with Gasteiger partial charge in [0.25, 0.3) is 5.91 Å². The average Bonchev–Trinajstić information content (AvgIpc) is 2.74. The molecule has 3 rings (SSSR count). The molecule has 0 aromatic heterocycles. The van der Waals surface area contributed by atoms with Crippen LogP contribution in [0, 0.1) is 19.7 Å². The number of aryl methyl sites for hydroxylation is 2.